The maximum Gasteiger partial charge on any atom is 0.308 e. The summed E-state index contributed by atoms with van der Waals surface area (Å²) in [5.74, 6) is -1.35. The molecular weight excluding hydrogens is 989 g/mol. The molecule has 0 spiro atoms. The van der Waals surface area contributed by atoms with E-state index < -0.39 is 0 Å². The Balaban J connectivity index is 1.22. The van der Waals surface area contributed by atoms with Crippen molar-refractivity contribution in [1.82, 2.24) is 0 Å². The first-order valence-electron chi connectivity index (χ1n) is 26.9. The van der Waals surface area contributed by atoms with Crippen molar-refractivity contribution in [1.29, 1.82) is 0 Å². The Labute approximate surface area is 460 Å². The molecule has 0 aliphatic rings. The maximum absolute atomic E-state index is 11.9. The van der Waals surface area contributed by atoms with Crippen molar-refractivity contribution in [3.63, 3.8) is 0 Å². The Bertz CT molecular complexity index is 2830. The smallest absolute Gasteiger partial charge is 0.308 e. The van der Waals surface area contributed by atoms with Crippen LogP contribution in [0.5, 0.6) is 0 Å². The van der Waals surface area contributed by atoms with Crippen LogP contribution in [0.3, 0.4) is 0 Å². The van der Waals surface area contributed by atoms with Gasteiger partial charge in [-0.2, -0.15) is 0 Å². The highest BCUT2D eigenvalue weighted by Crippen LogP contribution is 2.39. The van der Waals surface area contributed by atoms with E-state index in [4.69, 9.17) is 37.9 Å². The summed E-state index contributed by atoms with van der Waals surface area (Å²) >= 11 is 0. The third-order valence-corrected chi connectivity index (χ3v) is 12.6. The van der Waals surface area contributed by atoms with E-state index in [1.165, 1.54) is 0 Å². The summed E-state index contributed by atoms with van der Waals surface area (Å²) in [4.78, 5) is 51.3. The number of anilines is 6. The SMILES string of the molecule is CCC(=O)OCCOCc1ccc(N(c2ccc(-c3ccc(N(c4ccc(COCCOC(=O)C(C)C)cc4)c4ccc(COCCOC(=O)C(C)C)c(C)c4)cc3)cc2)c2ccc(COCCOC(=O)CC)c(C)c2)cc1. The minimum Gasteiger partial charge on any atom is -0.463 e. The van der Waals surface area contributed by atoms with Crippen LogP contribution in [-0.4, -0.2) is 76.7 Å². The van der Waals surface area contributed by atoms with Crippen LogP contribution in [0.2, 0.25) is 0 Å². The average Bonchev–Trinajstić information content (AvgIpc) is 3.45. The minimum atomic E-state index is -0.247. The molecule has 0 fully saturated rings. The Morgan fingerprint density at radius 1 is 0.372 bits per heavy atom. The number of hydrogen-bond donors (Lipinski definition) is 0. The Hall–Kier alpha value is -7.36. The van der Waals surface area contributed by atoms with Gasteiger partial charge in [0.2, 0.25) is 0 Å². The van der Waals surface area contributed by atoms with Crippen LogP contribution in [0.25, 0.3) is 11.1 Å². The summed E-state index contributed by atoms with van der Waals surface area (Å²) < 4.78 is 44.3. The van der Waals surface area contributed by atoms with Crippen LogP contribution in [0.1, 0.15) is 87.8 Å². The molecule has 6 aromatic rings. The predicted molar refractivity (Wildman–Crippen MR) is 303 cm³/mol. The fraction of sp³-hybridized carbons (Fsp3) is 0.375. The van der Waals surface area contributed by atoms with Crippen molar-refractivity contribution in [2.45, 2.75) is 94.7 Å². The Morgan fingerprint density at radius 2 is 0.667 bits per heavy atom. The largest absolute Gasteiger partial charge is 0.463 e. The van der Waals surface area contributed by atoms with Gasteiger partial charge in [-0.05, 0) is 131 Å². The molecule has 0 aromatic heterocycles. The summed E-state index contributed by atoms with van der Waals surface area (Å²) in [6.45, 7) is 18.5. The van der Waals surface area contributed by atoms with Gasteiger partial charge in [0, 0.05) is 47.0 Å². The second kappa shape index (κ2) is 31.1. The van der Waals surface area contributed by atoms with Gasteiger partial charge in [0.25, 0.3) is 0 Å². The summed E-state index contributed by atoms with van der Waals surface area (Å²) in [5.41, 5.74) is 14.0. The van der Waals surface area contributed by atoms with Crippen LogP contribution in [0.4, 0.5) is 34.1 Å². The molecule has 0 saturated heterocycles. The van der Waals surface area contributed by atoms with Gasteiger partial charge in [0.15, 0.2) is 0 Å². The first-order chi connectivity index (χ1) is 37.7. The molecule has 0 saturated carbocycles. The molecule has 6 aromatic carbocycles. The lowest BCUT2D eigenvalue weighted by molar-refractivity contribution is -0.149. The molecular formula is C64H76N2O12. The zero-order chi connectivity index (χ0) is 55.8. The van der Waals surface area contributed by atoms with Crippen molar-refractivity contribution in [2.24, 2.45) is 11.8 Å². The molecule has 0 bridgehead atoms. The van der Waals surface area contributed by atoms with Gasteiger partial charge in [-0.1, -0.05) is 102 Å². The Kier molecular flexibility index (Phi) is 23.9. The summed E-state index contributed by atoms with van der Waals surface area (Å²) in [6, 6.07) is 46.2. The van der Waals surface area contributed by atoms with Crippen LogP contribution in [0.15, 0.2) is 133 Å². The lowest BCUT2D eigenvalue weighted by Gasteiger charge is -2.27. The van der Waals surface area contributed by atoms with E-state index >= 15 is 0 Å². The molecule has 0 radical (unpaired) electrons. The normalized spacial score (nSPS) is 11.2. The third-order valence-electron chi connectivity index (χ3n) is 12.6. The van der Waals surface area contributed by atoms with E-state index in [9.17, 15) is 19.2 Å². The van der Waals surface area contributed by atoms with Gasteiger partial charge in [-0.3, -0.25) is 19.2 Å². The number of esters is 4. The molecule has 14 nitrogen and oxygen atoms in total. The van der Waals surface area contributed by atoms with Crippen LogP contribution < -0.4 is 9.80 Å². The van der Waals surface area contributed by atoms with Gasteiger partial charge >= 0.3 is 23.9 Å². The first kappa shape index (κ1) is 59.9. The third kappa shape index (κ3) is 18.4. The zero-order valence-electron chi connectivity index (χ0n) is 46.5. The fourth-order valence-corrected chi connectivity index (χ4v) is 8.06. The molecule has 0 unspecified atom stereocenters. The molecule has 14 heteroatoms. The molecule has 0 N–H and O–H groups in total. The standard InChI is InChI=1S/C64H76N2O12/c1-9-61(67)75-35-31-71-41-49-11-21-55(22-12-49)65(59-29-19-53(47(7)39-59)43-73-32-36-76-62(68)10-2)57-25-15-51(16-26-57)52-17-27-58(28-18-52)66(56-23-13-50(14-24-56)42-72-33-37-77-63(69)45(3)4)60-30-20-54(48(8)40-60)44-74-34-38-78-64(70)46(5)6/h11-30,39-40,45-46H,9-10,31-38,41-44H2,1-8H3. The zero-order valence-corrected chi connectivity index (χ0v) is 46.5. The lowest BCUT2D eigenvalue weighted by Crippen LogP contribution is -2.15. The van der Waals surface area contributed by atoms with Crippen molar-refractivity contribution in [2.75, 3.05) is 62.7 Å². The van der Waals surface area contributed by atoms with Crippen molar-refractivity contribution in [3.8, 4) is 11.1 Å². The lowest BCUT2D eigenvalue weighted by atomic mass is 10.0. The van der Waals surface area contributed by atoms with Crippen molar-refractivity contribution < 1.29 is 57.1 Å². The second-order valence-corrected chi connectivity index (χ2v) is 19.3. The maximum atomic E-state index is 11.9. The number of hydrogen-bond acceptors (Lipinski definition) is 14. The van der Waals surface area contributed by atoms with E-state index in [-0.39, 0.29) is 62.1 Å². The van der Waals surface area contributed by atoms with Gasteiger partial charge in [-0.25, -0.2) is 0 Å². The summed E-state index contributed by atoms with van der Waals surface area (Å²) in [7, 11) is 0. The van der Waals surface area contributed by atoms with Crippen LogP contribution >= 0.6 is 0 Å². The molecule has 78 heavy (non-hydrogen) atoms. The molecule has 0 amide bonds. The van der Waals surface area contributed by atoms with E-state index in [0.717, 1.165) is 78.6 Å². The fourth-order valence-electron chi connectivity index (χ4n) is 8.06. The Morgan fingerprint density at radius 3 is 0.974 bits per heavy atom. The van der Waals surface area contributed by atoms with Gasteiger partial charge in [-0.15, -0.1) is 0 Å². The number of rotatable bonds is 31. The quantitative estimate of drug-likeness (QED) is 0.0231. The molecule has 0 heterocycles. The van der Waals surface area contributed by atoms with Crippen molar-refractivity contribution in [3.05, 3.63) is 167 Å². The number of nitrogens with zero attached hydrogens (tertiary/aromatic N) is 2. The van der Waals surface area contributed by atoms with Gasteiger partial charge < -0.3 is 47.7 Å². The topological polar surface area (TPSA) is 149 Å². The van der Waals surface area contributed by atoms with Crippen LogP contribution in [-0.2, 0) is 83.5 Å². The summed E-state index contributed by atoms with van der Waals surface area (Å²) in [6.07, 6.45) is 0.660. The molecule has 0 aliphatic carbocycles. The highest BCUT2D eigenvalue weighted by molar-refractivity contribution is 5.81. The monoisotopic (exact) mass is 1060 g/mol. The van der Waals surface area contributed by atoms with E-state index in [2.05, 4.69) is 133 Å². The molecule has 6 rings (SSSR count). The molecule has 0 aliphatic heterocycles. The number of carbonyl (C=O) groups is 4. The van der Waals surface area contributed by atoms with E-state index in [1.807, 2.05) is 38.1 Å². The number of carbonyl (C=O) groups excluding carboxylic acids is 4. The van der Waals surface area contributed by atoms with E-state index in [1.54, 1.807) is 27.7 Å². The van der Waals surface area contributed by atoms with Crippen molar-refractivity contribution >= 4 is 58.0 Å². The highest BCUT2D eigenvalue weighted by atomic mass is 16.6. The minimum absolute atomic E-state index is 0.186. The number of ether oxygens (including phenoxy) is 8. The molecule has 0 atom stereocenters. The van der Waals surface area contributed by atoms with Gasteiger partial charge in [0.05, 0.1) is 64.7 Å². The molecule has 414 valence electrons. The summed E-state index contributed by atoms with van der Waals surface area (Å²) in [5, 5.41) is 0. The average molecular weight is 1070 g/mol. The highest BCUT2D eigenvalue weighted by Gasteiger charge is 2.18. The van der Waals surface area contributed by atoms with Gasteiger partial charge in [0.1, 0.15) is 26.4 Å². The number of aryl methyl sites for hydroxylation is 2. The predicted octanol–water partition coefficient (Wildman–Crippen LogP) is 13.3. The second-order valence-electron chi connectivity index (χ2n) is 19.3. The van der Waals surface area contributed by atoms with E-state index in [0.29, 0.717) is 65.7 Å². The number of benzene rings is 6. The first-order valence-corrected chi connectivity index (χ1v) is 26.9. The van der Waals surface area contributed by atoms with Crippen LogP contribution in [0, 0.1) is 25.7 Å².